The maximum atomic E-state index is 12.6. The van der Waals surface area contributed by atoms with Crippen LogP contribution in [0.1, 0.15) is 26.4 Å². The molecular weight excluding hydrogens is 444 g/mol. The van der Waals surface area contributed by atoms with E-state index in [0.29, 0.717) is 22.1 Å². The maximum Gasteiger partial charge on any atom is 0.335 e. The van der Waals surface area contributed by atoms with Gasteiger partial charge in [-0.25, -0.2) is 4.79 Å². The van der Waals surface area contributed by atoms with Crippen molar-refractivity contribution >= 4 is 23.5 Å². The highest BCUT2D eigenvalue weighted by Crippen LogP contribution is 2.29. The fourth-order valence-electron chi connectivity index (χ4n) is 3.36. The molecule has 33 heavy (non-hydrogen) atoms. The third-order valence-electron chi connectivity index (χ3n) is 5.04. The van der Waals surface area contributed by atoms with Crippen LogP contribution in [0.5, 0.6) is 5.75 Å². The number of rotatable bonds is 7. The molecule has 0 spiro atoms. The van der Waals surface area contributed by atoms with Crippen molar-refractivity contribution in [2.24, 2.45) is 0 Å². The van der Waals surface area contributed by atoms with E-state index >= 15 is 0 Å². The van der Waals surface area contributed by atoms with Gasteiger partial charge in [0.1, 0.15) is 5.75 Å². The van der Waals surface area contributed by atoms with Crippen LogP contribution in [-0.4, -0.2) is 29.2 Å². The second kappa shape index (κ2) is 9.58. The Morgan fingerprint density at radius 2 is 1.82 bits per heavy atom. The van der Waals surface area contributed by atoms with Crippen molar-refractivity contribution in [2.45, 2.75) is 6.54 Å². The highest BCUT2D eigenvalue weighted by atomic mass is 35.5. The first-order chi connectivity index (χ1) is 16.0. The minimum absolute atomic E-state index is 0.120. The minimum Gasteiger partial charge on any atom is -0.496 e. The summed E-state index contributed by atoms with van der Waals surface area (Å²) in [5, 5.41) is 16.4. The van der Waals surface area contributed by atoms with E-state index in [2.05, 4.69) is 10.5 Å². The minimum atomic E-state index is -0.998. The van der Waals surface area contributed by atoms with Crippen molar-refractivity contribution < 1.29 is 24.0 Å². The smallest absolute Gasteiger partial charge is 0.335 e. The van der Waals surface area contributed by atoms with Crippen molar-refractivity contribution in [1.29, 1.82) is 0 Å². The molecule has 0 fully saturated rings. The molecule has 8 heteroatoms. The molecule has 3 aromatic carbocycles. The van der Waals surface area contributed by atoms with Gasteiger partial charge >= 0.3 is 5.97 Å². The molecule has 1 heterocycles. The van der Waals surface area contributed by atoms with E-state index in [1.54, 1.807) is 43.5 Å². The molecule has 0 saturated carbocycles. The number of ether oxygens (including phenoxy) is 1. The summed E-state index contributed by atoms with van der Waals surface area (Å²) in [6.45, 7) is 0.169. The highest BCUT2D eigenvalue weighted by Gasteiger charge is 2.16. The van der Waals surface area contributed by atoms with Gasteiger partial charge in [-0.15, -0.1) is 0 Å². The van der Waals surface area contributed by atoms with Gasteiger partial charge in [0.2, 0.25) is 0 Å². The normalized spacial score (nSPS) is 10.6. The van der Waals surface area contributed by atoms with Crippen LogP contribution in [0.2, 0.25) is 5.02 Å². The van der Waals surface area contributed by atoms with E-state index < -0.39 is 11.9 Å². The van der Waals surface area contributed by atoms with Crippen molar-refractivity contribution in [3.05, 3.63) is 94.6 Å². The first-order valence-electron chi connectivity index (χ1n) is 9.96. The van der Waals surface area contributed by atoms with Crippen LogP contribution in [0.4, 0.5) is 0 Å². The second-order valence-corrected chi connectivity index (χ2v) is 7.56. The van der Waals surface area contributed by atoms with Crippen LogP contribution >= 0.6 is 11.6 Å². The Bertz CT molecular complexity index is 1330. The molecule has 7 nitrogen and oxygen atoms in total. The fraction of sp³-hybridized carbons (Fsp3) is 0.0800. The van der Waals surface area contributed by atoms with Gasteiger partial charge in [0.25, 0.3) is 5.91 Å². The Balaban J connectivity index is 1.53. The molecule has 1 aromatic heterocycles. The number of carboxylic acid groups (broad SMARTS) is 1. The molecule has 0 atom stereocenters. The third-order valence-corrected chi connectivity index (χ3v) is 5.37. The van der Waals surface area contributed by atoms with Gasteiger partial charge in [0.15, 0.2) is 11.5 Å². The molecule has 4 rings (SSSR count). The molecule has 0 aliphatic heterocycles. The van der Waals surface area contributed by atoms with Crippen molar-refractivity contribution in [3.8, 4) is 28.2 Å². The van der Waals surface area contributed by atoms with E-state index in [1.807, 2.05) is 24.3 Å². The van der Waals surface area contributed by atoms with E-state index in [1.165, 1.54) is 12.1 Å². The molecule has 4 aromatic rings. The maximum absolute atomic E-state index is 12.6. The lowest BCUT2D eigenvalue weighted by molar-refractivity contribution is 0.0696. The van der Waals surface area contributed by atoms with Gasteiger partial charge in [-0.2, -0.15) is 0 Å². The van der Waals surface area contributed by atoms with Crippen LogP contribution in [0.15, 0.2) is 77.3 Å². The number of hydrogen-bond donors (Lipinski definition) is 2. The largest absolute Gasteiger partial charge is 0.496 e. The number of benzene rings is 3. The second-order valence-electron chi connectivity index (χ2n) is 7.15. The predicted molar refractivity (Wildman–Crippen MR) is 124 cm³/mol. The Morgan fingerprint density at radius 1 is 1.03 bits per heavy atom. The Hall–Kier alpha value is -4.10. The summed E-state index contributed by atoms with van der Waals surface area (Å²) in [6, 6.07) is 20.7. The molecule has 0 radical (unpaired) electrons. The highest BCUT2D eigenvalue weighted by molar-refractivity contribution is 6.33. The summed E-state index contributed by atoms with van der Waals surface area (Å²) in [7, 11) is 1.54. The zero-order chi connectivity index (χ0) is 23.4. The molecule has 0 bridgehead atoms. The molecule has 0 aliphatic carbocycles. The van der Waals surface area contributed by atoms with Crippen LogP contribution in [-0.2, 0) is 6.54 Å². The number of nitrogens with zero attached hydrogens (tertiary/aromatic N) is 1. The number of nitrogens with one attached hydrogen (secondary N) is 1. The van der Waals surface area contributed by atoms with E-state index in [9.17, 15) is 14.7 Å². The van der Waals surface area contributed by atoms with Crippen LogP contribution in [0.25, 0.3) is 22.5 Å². The van der Waals surface area contributed by atoms with Crippen molar-refractivity contribution in [1.82, 2.24) is 10.5 Å². The van der Waals surface area contributed by atoms with Crippen molar-refractivity contribution in [2.75, 3.05) is 7.11 Å². The summed E-state index contributed by atoms with van der Waals surface area (Å²) >= 11 is 6.18. The standard InChI is InChI=1S/C25H19ClN2O5/c1-32-22-10-9-16(15-5-4-6-17(11-15)25(30)31)12-18(22)14-27-24(29)21-13-23(33-28-21)19-7-2-3-8-20(19)26/h2-13H,14H2,1H3,(H,27,29)(H,30,31). The first-order valence-corrected chi connectivity index (χ1v) is 10.3. The van der Waals surface area contributed by atoms with Gasteiger partial charge in [-0.05, 0) is 47.5 Å². The molecule has 1 amide bonds. The monoisotopic (exact) mass is 462 g/mol. The van der Waals surface area contributed by atoms with E-state index in [0.717, 1.165) is 16.7 Å². The molecule has 2 N–H and O–H groups in total. The number of carboxylic acids is 1. The van der Waals surface area contributed by atoms with Gasteiger partial charge in [0, 0.05) is 23.7 Å². The molecular formula is C25H19ClN2O5. The fourth-order valence-corrected chi connectivity index (χ4v) is 3.59. The zero-order valence-corrected chi connectivity index (χ0v) is 18.3. The van der Waals surface area contributed by atoms with Gasteiger partial charge in [0.05, 0.1) is 17.7 Å². The number of halogens is 1. The Labute approximate surface area is 194 Å². The number of hydrogen-bond acceptors (Lipinski definition) is 5. The lowest BCUT2D eigenvalue weighted by atomic mass is 10.0. The SMILES string of the molecule is COc1ccc(-c2cccc(C(=O)O)c2)cc1CNC(=O)c1cc(-c2ccccc2Cl)on1. The first kappa shape index (κ1) is 22.1. The number of aromatic carboxylic acids is 1. The van der Waals surface area contributed by atoms with Crippen LogP contribution in [0, 0.1) is 0 Å². The Kier molecular flexibility index (Phi) is 6.42. The third kappa shape index (κ3) is 4.88. The predicted octanol–water partition coefficient (Wildman–Crippen LogP) is 5.30. The Morgan fingerprint density at radius 3 is 2.58 bits per heavy atom. The number of amides is 1. The molecule has 166 valence electrons. The summed E-state index contributed by atoms with van der Waals surface area (Å²) in [5.74, 6) is -0.437. The topological polar surface area (TPSA) is 102 Å². The summed E-state index contributed by atoms with van der Waals surface area (Å²) in [5.41, 5.74) is 3.21. The quantitative estimate of drug-likeness (QED) is 0.386. The number of carbonyl (C=O) groups is 2. The van der Waals surface area contributed by atoms with Gasteiger partial charge in [-0.3, -0.25) is 4.79 Å². The van der Waals surface area contributed by atoms with E-state index in [-0.39, 0.29) is 17.8 Å². The average Bonchev–Trinajstić information content (AvgIpc) is 3.33. The molecule has 0 unspecified atom stereocenters. The lowest BCUT2D eigenvalue weighted by Crippen LogP contribution is -2.23. The molecule has 0 aliphatic rings. The van der Waals surface area contributed by atoms with Gasteiger partial charge in [-0.1, -0.05) is 47.1 Å². The van der Waals surface area contributed by atoms with Crippen molar-refractivity contribution in [3.63, 3.8) is 0 Å². The number of aromatic nitrogens is 1. The van der Waals surface area contributed by atoms with Crippen LogP contribution in [0.3, 0.4) is 0 Å². The van der Waals surface area contributed by atoms with Crippen LogP contribution < -0.4 is 10.1 Å². The number of methoxy groups -OCH3 is 1. The van der Waals surface area contributed by atoms with E-state index in [4.69, 9.17) is 20.9 Å². The van der Waals surface area contributed by atoms with Gasteiger partial charge < -0.3 is 19.7 Å². The zero-order valence-electron chi connectivity index (χ0n) is 17.5. The average molecular weight is 463 g/mol. The number of carbonyl (C=O) groups excluding carboxylic acids is 1. The summed E-state index contributed by atoms with van der Waals surface area (Å²) < 4.78 is 10.7. The summed E-state index contributed by atoms with van der Waals surface area (Å²) in [4.78, 5) is 23.9. The summed E-state index contributed by atoms with van der Waals surface area (Å²) in [6.07, 6.45) is 0. The molecule has 0 saturated heterocycles. The lowest BCUT2D eigenvalue weighted by Gasteiger charge is -2.12.